The molecule has 0 amide bonds. The Morgan fingerprint density at radius 1 is 1.46 bits per heavy atom. The lowest BCUT2D eigenvalue weighted by Crippen LogP contribution is -2.88. The minimum absolute atomic E-state index is 0.317. The first-order valence-corrected chi connectivity index (χ1v) is 9.16. The van der Waals surface area contributed by atoms with Crippen molar-refractivity contribution in [1.29, 1.82) is 10.5 Å². The number of nitrogens with two attached hydrogens (primary N) is 1. The lowest BCUT2D eigenvalue weighted by molar-refractivity contribution is -0.583. The molecular formula is C16H14BrN4O2S+. The van der Waals surface area contributed by atoms with Crippen molar-refractivity contribution in [2.75, 3.05) is 19.5 Å². The fraction of sp³-hybridized carbons (Fsp3) is 0.438. The fourth-order valence-corrected chi connectivity index (χ4v) is 6.09. The average molecular weight is 406 g/mol. The van der Waals surface area contributed by atoms with E-state index in [1.165, 1.54) is 11.8 Å². The number of halogens is 1. The first-order valence-electron chi connectivity index (χ1n) is 7.38. The molecule has 0 radical (unpaired) electrons. The summed E-state index contributed by atoms with van der Waals surface area (Å²) < 4.78 is 12.0. The number of methoxy groups -OCH3 is 1. The topological polar surface area (TPSA) is 106 Å². The SMILES string of the molecule is COc1ccc([C@@H]2[C@@]3(C#N)[C@@]4([NH+]=C(N)[C@@]23C#N)OCCS4)cc1Br. The summed E-state index contributed by atoms with van der Waals surface area (Å²) in [6, 6.07) is 10.3. The van der Waals surface area contributed by atoms with Gasteiger partial charge in [-0.2, -0.15) is 10.5 Å². The summed E-state index contributed by atoms with van der Waals surface area (Å²) >= 11 is 4.98. The number of nitriles is 2. The van der Waals surface area contributed by atoms with Crippen molar-refractivity contribution in [1.82, 2.24) is 0 Å². The van der Waals surface area contributed by atoms with Crippen molar-refractivity contribution in [3.05, 3.63) is 28.2 Å². The van der Waals surface area contributed by atoms with Crippen molar-refractivity contribution in [3.8, 4) is 17.9 Å². The van der Waals surface area contributed by atoms with Crippen LogP contribution < -0.4 is 15.5 Å². The van der Waals surface area contributed by atoms with E-state index in [0.717, 1.165) is 15.8 Å². The van der Waals surface area contributed by atoms with E-state index >= 15 is 0 Å². The van der Waals surface area contributed by atoms with Crippen LogP contribution in [-0.4, -0.2) is 30.4 Å². The van der Waals surface area contributed by atoms with Gasteiger partial charge in [-0.3, -0.25) is 5.73 Å². The van der Waals surface area contributed by atoms with Crippen molar-refractivity contribution in [3.63, 3.8) is 0 Å². The number of fused-ring (bicyclic) bond motifs is 2. The first kappa shape index (κ1) is 15.8. The van der Waals surface area contributed by atoms with Crippen LogP contribution in [0.5, 0.6) is 5.75 Å². The summed E-state index contributed by atoms with van der Waals surface area (Å²) in [4.78, 5) is 3.10. The molecule has 6 nitrogen and oxygen atoms in total. The van der Waals surface area contributed by atoms with Crippen LogP contribution in [0.15, 0.2) is 22.7 Å². The van der Waals surface area contributed by atoms with Crippen LogP contribution in [0.25, 0.3) is 0 Å². The highest BCUT2D eigenvalue weighted by Gasteiger charge is 2.96. The van der Waals surface area contributed by atoms with Gasteiger partial charge in [-0.15, -0.1) is 0 Å². The lowest BCUT2D eigenvalue weighted by atomic mass is 9.95. The summed E-state index contributed by atoms with van der Waals surface area (Å²) in [5.41, 5.74) is 4.93. The van der Waals surface area contributed by atoms with Gasteiger partial charge in [0.2, 0.25) is 0 Å². The van der Waals surface area contributed by atoms with Crippen molar-refractivity contribution in [2.24, 2.45) is 16.6 Å². The molecule has 1 saturated heterocycles. The predicted octanol–water partition coefficient (Wildman–Crippen LogP) is 0.443. The van der Waals surface area contributed by atoms with E-state index in [1.54, 1.807) is 7.11 Å². The molecule has 2 heterocycles. The zero-order valence-electron chi connectivity index (χ0n) is 12.8. The van der Waals surface area contributed by atoms with E-state index in [1.807, 2.05) is 18.2 Å². The fourth-order valence-electron chi connectivity index (χ4n) is 4.18. The van der Waals surface area contributed by atoms with Gasteiger partial charge in [-0.1, -0.05) is 17.8 Å². The van der Waals surface area contributed by atoms with E-state index < -0.39 is 15.9 Å². The van der Waals surface area contributed by atoms with E-state index in [4.69, 9.17) is 15.2 Å². The van der Waals surface area contributed by atoms with Crippen LogP contribution >= 0.6 is 27.7 Å². The second-order valence-corrected chi connectivity index (χ2v) is 8.14. The molecule has 0 aromatic heterocycles. The maximum absolute atomic E-state index is 10.1. The molecule has 0 bridgehead atoms. The minimum Gasteiger partial charge on any atom is -0.496 e. The third-order valence-electron chi connectivity index (χ3n) is 5.20. The third kappa shape index (κ3) is 1.48. The summed E-state index contributed by atoms with van der Waals surface area (Å²) in [5.74, 6) is 1.41. The average Bonchev–Trinajstić information content (AvgIpc) is 2.84. The summed E-state index contributed by atoms with van der Waals surface area (Å²) in [7, 11) is 1.59. The van der Waals surface area contributed by atoms with Crippen molar-refractivity contribution >= 4 is 33.5 Å². The Labute approximate surface area is 151 Å². The minimum atomic E-state index is -1.09. The van der Waals surface area contributed by atoms with Gasteiger partial charge < -0.3 is 9.47 Å². The highest BCUT2D eigenvalue weighted by molar-refractivity contribution is 9.10. The molecule has 24 heavy (non-hydrogen) atoms. The van der Waals surface area contributed by atoms with E-state index in [2.05, 4.69) is 33.1 Å². The van der Waals surface area contributed by atoms with Crippen LogP contribution in [0.4, 0.5) is 0 Å². The molecule has 0 unspecified atom stereocenters. The van der Waals surface area contributed by atoms with Gasteiger partial charge >= 0.3 is 0 Å². The molecule has 1 aromatic carbocycles. The Bertz CT molecular complexity index is 855. The molecule has 1 aliphatic carbocycles. The number of thioether (sulfide) groups is 1. The summed E-state index contributed by atoms with van der Waals surface area (Å²) in [6.45, 7) is 0.523. The van der Waals surface area contributed by atoms with Gasteiger partial charge in [-0.05, 0) is 33.6 Å². The highest BCUT2D eigenvalue weighted by Crippen LogP contribution is 2.80. The first-order chi connectivity index (χ1) is 11.5. The van der Waals surface area contributed by atoms with E-state index in [-0.39, 0.29) is 5.92 Å². The normalized spacial score (nSPS) is 39.0. The Morgan fingerprint density at radius 3 is 2.79 bits per heavy atom. The smallest absolute Gasteiger partial charge is 0.277 e. The van der Waals surface area contributed by atoms with E-state index in [9.17, 15) is 10.5 Å². The molecule has 1 spiro atoms. The Hall–Kier alpha value is -1.74. The van der Waals surface area contributed by atoms with Gasteiger partial charge in [0.05, 0.1) is 30.3 Å². The predicted molar refractivity (Wildman–Crippen MR) is 90.8 cm³/mol. The number of benzene rings is 1. The zero-order chi connectivity index (χ0) is 17.2. The second kappa shape index (κ2) is 4.89. The van der Waals surface area contributed by atoms with Gasteiger partial charge in [0.25, 0.3) is 10.9 Å². The Morgan fingerprint density at radius 2 is 2.25 bits per heavy atom. The number of nitrogens with zero attached hydrogens (tertiary/aromatic N) is 2. The molecule has 3 N–H and O–H groups in total. The maximum Gasteiger partial charge on any atom is 0.277 e. The van der Waals surface area contributed by atoms with Crippen molar-refractivity contribution < 1.29 is 14.5 Å². The maximum atomic E-state index is 10.1. The quantitative estimate of drug-likeness (QED) is 0.739. The lowest BCUT2D eigenvalue weighted by Gasteiger charge is -2.23. The monoisotopic (exact) mass is 405 g/mol. The molecule has 3 aliphatic rings. The highest BCUT2D eigenvalue weighted by atomic mass is 79.9. The standard InChI is InChI=1S/C16H13BrN4O2S/c1-22-11-3-2-9(6-10(11)17)12-14(7-18)13(20)21-16(15(12,14)8-19)23-4-5-24-16/h2-3,6,12H,4-5H2,1H3,(H2,20,21)/p+1/t12-,14+,15+,16+/m0/s1. The molecule has 1 aromatic rings. The Balaban J connectivity index is 1.89. The van der Waals surface area contributed by atoms with Crippen molar-refractivity contribution in [2.45, 2.75) is 11.0 Å². The van der Waals surface area contributed by atoms with Gasteiger partial charge in [-0.25, -0.2) is 4.99 Å². The second-order valence-electron chi connectivity index (χ2n) is 6.02. The number of nitrogens with one attached hydrogen (secondary N) is 1. The molecule has 2 fully saturated rings. The zero-order valence-corrected chi connectivity index (χ0v) is 15.2. The van der Waals surface area contributed by atoms with Crippen LogP contribution in [0, 0.1) is 33.5 Å². The summed E-state index contributed by atoms with van der Waals surface area (Å²) in [6.07, 6.45) is 0. The van der Waals surface area contributed by atoms with E-state index in [0.29, 0.717) is 18.2 Å². The van der Waals surface area contributed by atoms with Crippen LogP contribution in [0.3, 0.4) is 0 Å². The number of hydrogen-bond acceptors (Lipinski definition) is 6. The summed E-state index contributed by atoms with van der Waals surface area (Å²) in [5, 5.41) is 19.0. The molecule has 1 saturated carbocycles. The van der Waals surface area contributed by atoms with Gasteiger partial charge in [0.15, 0.2) is 10.8 Å². The molecule has 4 atom stereocenters. The molecule has 2 aliphatic heterocycles. The Kier molecular flexibility index (Phi) is 3.21. The number of hydrogen-bond donors (Lipinski definition) is 2. The molecule has 8 heteroatoms. The van der Waals surface area contributed by atoms with Crippen LogP contribution in [0.2, 0.25) is 0 Å². The van der Waals surface area contributed by atoms with Gasteiger partial charge in [0, 0.05) is 11.7 Å². The molecule has 122 valence electrons. The van der Waals surface area contributed by atoms with Gasteiger partial charge in [0.1, 0.15) is 5.75 Å². The number of ether oxygens (including phenoxy) is 2. The van der Waals surface area contributed by atoms with Crippen LogP contribution in [-0.2, 0) is 4.74 Å². The largest absolute Gasteiger partial charge is 0.496 e. The van der Waals surface area contributed by atoms with Crippen LogP contribution in [0.1, 0.15) is 11.5 Å². The third-order valence-corrected chi connectivity index (χ3v) is 7.14. The molecule has 4 rings (SSSR count). The number of rotatable bonds is 2. The number of amidine groups is 1. The molecular weight excluding hydrogens is 392 g/mol.